The first-order chi connectivity index (χ1) is 17.3. The fourth-order valence-corrected chi connectivity index (χ4v) is 4.76. The van der Waals surface area contributed by atoms with Gasteiger partial charge in [0.2, 0.25) is 0 Å². The van der Waals surface area contributed by atoms with E-state index in [2.05, 4.69) is 54.8 Å². The van der Waals surface area contributed by atoms with Crippen molar-refractivity contribution in [3.63, 3.8) is 0 Å². The quantitative estimate of drug-likeness (QED) is 0.247. The van der Waals surface area contributed by atoms with Gasteiger partial charge in [0.15, 0.2) is 5.75 Å². The number of fused-ring (bicyclic) bond motifs is 3. The summed E-state index contributed by atoms with van der Waals surface area (Å²) in [5.41, 5.74) is 2.35. The number of carbonyl (C=O) groups is 1. The molecule has 1 aliphatic heterocycles. The van der Waals surface area contributed by atoms with Crippen molar-refractivity contribution >= 4 is 34.8 Å². The maximum absolute atomic E-state index is 13.0. The molecule has 0 unspecified atom stereocenters. The number of anilines is 1. The van der Waals surface area contributed by atoms with E-state index in [-0.39, 0.29) is 41.8 Å². The molecule has 0 aromatic heterocycles. The summed E-state index contributed by atoms with van der Waals surface area (Å²) in [5, 5.41) is 29.9. The summed E-state index contributed by atoms with van der Waals surface area (Å²) >= 11 is 0. The topological polar surface area (TPSA) is 90.8 Å². The third kappa shape index (κ3) is 6.05. The summed E-state index contributed by atoms with van der Waals surface area (Å²) in [7, 11) is 0. The Morgan fingerprint density at radius 3 is 2.49 bits per heavy atom. The Morgan fingerprint density at radius 2 is 1.68 bits per heavy atom. The van der Waals surface area contributed by atoms with Crippen molar-refractivity contribution in [2.45, 2.75) is 38.3 Å². The Kier molecular flexibility index (Phi) is 7.73. The fraction of sp³-hybridized carbons (Fsp3) is 0.233. The summed E-state index contributed by atoms with van der Waals surface area (Å²) < 4.78 is 5.95. The van der Waals surface area contributed by atoms with Crippen LogP contribution in [0.5, 0.6) is 17.2 Å². The van der Waals surface area contributed by atoms with E-state index in [0.29, 0.717) is 29.1 Å². The summed E-state index contributed by atoms with van der Waals surface area (Å²) in [6.45, 7) is 4.54. The summed E-state index contributed by atoms with van der Waals surface area (Å²) in [4.78, 5) is 13.0. The fourth-order valence-electron chi connectivity index (χ4n) is 4.76. The first-order valence-corrected chi connectivity index (χ1v) is 12.1. The number of carbonyl (C=O) groups excluding carboxylic acids is 1. The van der Waals surface area contributed by atoms with Gasteiger partial charge in [0.1, 0.15) is 11.5 Å². The maximum Gasteiger partial charge on any atom is 0.259 e. The monoisotopic (exact) mass is 518 g/mol. The molecule has 0 saturated heterocycles. The van der Waals surface area contributed by atoms with Gasteiger partial charge in [-0.25, -0.2) is 0 Å². The van der Waals surface area contributed by atoms with Crippen LogP contribution in [0.15, 0.2) is 78.9 Å². The van der Waals surface area contributed by atoms with Gasteiger partial charge in [-0.05, 0) is 60.4 Å². The molecule has 37 heavy (non-hydrogen) atoms. The summed E-state index contributed by atoms with van der Waals surface area (Å²) in [5.74, 6) is 0.414. The lowest BCUT2D eigenvalue weighted by Crippen LogP contribution is -2.45. The highest BCUT2D eigenvalue weighted by Crippen LogP contribution is 2.39. The average Bonchev–Trinajstić information content (AvgIpc) is 2.97. The van der Waals surface area contributed by atoms with Crippen LogP contribution >= 0.6 is 12.4 Å². The number of halogens is 1. The number of amides is 1. The van der Waals surface area contributed by atoms with Crippen LogP contribution in [0.1, 0.15) is 35.3 Å². The predicted molar refractivity (Wildman–Crippen MR) is 149 cm³/mol. The van der Waals surface area contributed by atoms with Gasteiger partial charge in [-0.1, -0.05) is 54.6 Å². The Labute approximate surface area is 222 Å². The number of nitrogens with one attached hydrogen (secondary N) is 2. The zero-order chi connectivity index (χ0) is 25.3. The molecule has 0 fully saturated rings. The second-order valence-corrected chi connectivity index (χ2v) is 10.0. The molecular weight excluding hydrogens is 488 g/mol. The highest BCUT2D eigenvalue weighted by atomic mass is 35.5. The zero-order valence-electron chi connectivity index (χ0n) is 20.8. The maximum atomic E-state index is 13.0. The van der Waals surface area contributed by atoms with Crippen LogP contribution in [0.25, 0.3) is 10.8 Å². The number of hydrogen-bond acceptors (Lipinski definition) is 5. The number of β-amino-alcohol motifs (C(OH)–C–C–N with tert-alkyl or cyclic N) is 1. The number of para-hydroxylation sites is 2. The smallest absolute Gasteiger partial charge is 0.259 e. The van der Waals surface area contributed by atoms with Crippen molar-refractivity contribution in [3.05, 3.63) is 95.6 Å². The number of phenolic OH excluding ortho intramolecular Hbond substituents is 1. The van der Waals surface area contributed by atoms with Crippen molar-refractivity contribution in [2.75, 3.05) is 11.9 Å². The molecule has 0 radical (unpaired) electrons. The summed E-state index contributed by atoms with van der Waals surface area (Å²) in [6.07, 6.45) is 0.203. The number of ether oxygens (including phenoxy) is 1. The Balaban J connectivity index is 0.00000320. The van der Waals surface area contributed by atoms with Gasteiger partial charge < -0.3 is 25.6 Å². The molecule has 0 spiro atoms. The molecule has 7 heteroatoms. The van der Waals surface area contributed by atoms with Crippen molar-refractivity contribution in [1.29, 1.82) is 0 Å². The molecule has 0 aliphatic carbocycles. The van der Waals surface area contributed by atoms with E-state index in [1.807, 2.05) is 24.3 Å². The van der Waals surface area contributed by atoms with Crippen LogP contribution in [0.3, 0.4) is 0 Å². The number of rotatable bonds is 7. The molecule has 0 bridgehead atoms. The number of benzene rings is 4. The molecule has 5 rings (SSSR count). The van der Waals surface area contributed by atoms with Crippen LogP contribution in [0.2, 0.25) is 0 Å². The number of aromatic hydroxyl groups is 1. The third-order valence-electron chi connectivity index (χ3n) is 6.48. The van der Waals surface area contributed by atoms with E-state index in [1.165, 1.54) is 28.5 Å². The van der Waals surface area contributed by atoms with Crippen LogP contribution in [-0.2, 0) is 12.8 Å². The molecule has 1 atom stereocenters. The van der Waals surface area contributed by atoms with E-state index in [1.54, 1.807) is 12.1 Å². The van der Waals surface area contributed by atoms with Gasteiger partial charge in [-0.2, -0.15) is 0 Å². The molecule has 192 valence electrons. The van der Waals surface area contributed by atoms with Gasteiger partial charge in [0.25, 0.3) is 5.91 Å². The molecule has 6 nitrogen and oxygen atoms in total. The highest BCUT2D eigenvalue weighted by Gasteiger charge is 2.26. The van der Waals surface area contributed by atoms with Crippen molar-refractivity contribution in [2.24, 2.45) is 0 Å². The first kappa shape index (κ1) is 26.5. The van der Waals surface area contributed by atoms with Gasteiger partial charge in [-0.3, -0.25) is 4.79 Å². The standard InChI is InChI=1S/C30H30N2O4.ClH/c1-30(2,17-19-11-12-20-7-3-4-8-21(20)13-19)31-18-24(34)15-22-14-23(33)16-27-28(22)29(35)32-25-9-5-6-10-26(25)36-27;/h3-14,16,24,31,33-34H,15,17-18H2,1-2H3,(H,32,35);1H/t24-;/m1./s1. The van der Waals surface area contributed by atoms with Crippen LogP contribution in [0, 0.1) is 0 Å². The SMILES string of the molecule is CC(C)(Cc1ccc2ccccc2c1)NC[C@H](O)Cc1cc(O)cc2c1C(=O)Nc1ccccc1O2.Cl. The first-order valence-electron chi connectivity index (χ1n) is 12.1. The van der Waals surface area contributed by atoms with Crippen molar-refractivity contribution in [3.8, 4) is 17.2 Å². The third-order valence-corrected chi connectivity index (χ3v) is 6.48. The molecule has 0 saturated carbocycles. The number of hydrogen-bond donors (Lipinski definition) is 4. The lowest BCUT2D eigenvalue weighted by atomic mass is 9.93. The normalized spacial score (nSPS) is 13.4. The molecule has 4 aromatic rings. The van der Waals surface area contributed by atoms with Gasteiger partial charge >= 0.3 is 0 Å². The van der Waals surface area contributed by atoms with E-state index in [4.69, 9.17) is 4.74 Å². The predicted octanol–water partition coefficient (Wildman–Crippen LogP) is 5.84. The van der Waals surface area contributed by atoms with E-state index in [0.717, 1.165) is 6.42 Å². The van der Waals surface area contributed by atoms with E-state index < -0.39 is 6.10 Å². The van der Waals surface area contributed by atoms with Gasteiger partial charge in [0.05, 0.1) is 17.4 Å². The minimum absolute atomic E-state index is 0. The number of aliphatic hydroxyl groups is 1. The lowest BCUT2D eigenvalue weighted by molar-refractivity contribution is 0.102. The molecule has 4 aromatic carbocycles. The van der Waals surface area contributed by atoms with Crippen molar-refractivity contribution < 1.29 is 19.7 Å². The van der Waals surface area contributed by atoms with E-state index >= 15 is 0 Å². The number of aliphatic hydroxyl groups excluding tert-OH is 1. The Bertz CT molecular complexity index is 1440. The zero-order valence-corrected chi connectivity index (χ0v) is 21.6. The second kappa shape index (κ2) is 10.8. The van der Waals surface area contributed by atoms with Crippen LogP contribution in [-0.4, -0.2) is 34.3 Å². The minimum Gasteiger partial charge on any atom is -0.508 e. The molecule has 1 aliphatic rings. The molecule has 1 heterocycles. The van der Waals surface area contributed by atoms with Crippen LogP contribution < -0.4 is 15.4 Å². The van der Waals surface area contributed by atoms with Gasteiger partial charge in [0, 0.05) is 24.6 Å². The Hall–Kier alpha value is -3.58. The molecular formula is C30H31ClN2O4. The Morgan fingerprint density at radius 1 is 0.946 bits per heavy atom. The highest BCUT2D eigenvalue weighted by molar-refractivity contribution is 6.09. The van der Waals surface area contributed by atoms with Gasteiger partial charge in [-0.15, -0.1) is 12.4 Å². The van der Waals surface area contributed by atoms with Crippen LogP contribution in [0.4, 0.5) is 5.69 Å². The van der Waals surface area contributed by atoms with E-state index in [9.17, 15) is 15.0 Å². The average molecular weight is 519 g/mol. The summed E-state index contributed by atoms with van der Waals surface area (Å²) in [6, 6.07) is 24.8. The number of phenols is 1. The van der Waals surface area contributed by atoms with Crippen molar-refractivity contribution in [1.82, 2.24) is 5.32 Å². The second-order valence-electron chi connectivity index (χ2n) is 10.0. The largest absolute Gasteiger partial charge is 0.508 e. The minimum atomic E-state index is -0.773. The molecule has 4 N–H and O–H groups in total. The lowest BCUT2D eigenvalue weighted by Gasteiger charge is -2.28. The molecule has 1 amide bonds.